The number of sulfone groups is 1. The molecule has 0 radical (unpaired) electrons. The lowest BCUT2D eigenvalue weighted by atomic mass is 10.1. The summed E-state index contributed by atoms with van der Waals surface area (Å²) in [5, 5.41) is 13.4. The highest BCUT2D eigenvalue weighted by Crippen LogP contribution is 2.36. The van der Waals surface area contributed by atoms with E-state index in [2.05, 4.69) is 0 Å². The van der Waals surface area contributed by atoms with E-state index < -0.39 is 9.84 Å². The van der Waals surface area contributed by atoms with Crippen LogP contribution >= 0.6 is 0 Å². The molecule has 0 amide bonds. The Balaban J connectivity index is 2.03. The molecular weight excluding hydrogens is 320 g/mol. The molecule has 0 aliphatic rings. The van der Waals surface area contributed by atoms with Gasteiger partial charge in [-0.2, -0.15) is 0 Å². The van der Waals surface area contributed by atoms with Gasteiger partial charge in [-0.15, -0.1) is 0 Å². The van der Waals surface area contributed by atoms with Crippen LogP contribution in [0.15, 0.2) is 88.7 Å². The third-order valence-electron chi connectivity index (χ3n) is 4.19. The minimum Gasteiger partial charge on any atom is -0.506 e. The molecule has 0 aliphatic carbocycles. The van der Waals surface area contributed by atoms with Crippen molar-refractivity contribution in [3.05, 3.63) is 78.9 Å². The van der Waals surface area contributed by atoms with Crippen LogP contribution in [0.25, 0.3) is 21.5 Å². The first kappa shape index (κ1) is 14.7. The third-order valence-corrected chi connectivity index (χ3v) is 6.04. The van der Waals surface area contributed by atoms with Crippen LogP contribution in [-0.2, 0) is 9.84 Å². The second-order valence-electron chi connectivity index (χ2n) is 5.61. The molecule has 0 spiro atoms. The monoisotopic (exact) mass is 334 g/mol. The minimum absolute atomic E-state index is 0.0717. The lowest BCUT2D eigenvalue weighted by molar-refractivity contribution is 0.465. The Kier molecular flexibility index (Phi) is 3.28. The van der Waals surface area contributed by atoms with Crippen molar-refractivity contribution in [2.24, 2.45) is 0 Å². The maximum atomic E-state index is 13.2. The van der Waals surface area contributed by atoms with Crippen LogP contribution in [0.3, 0.4) is 0 Å². The van der Waals surface area contributed by atoms with Crippen molar-refractivity contribution in [2.45, 2.75) is 9.79 Å². The molecule has 0 atom stereocenters. The molecule has 0 aromatic heterocycles. The molecule has 3 nitrogen and oxygen atoms in total. The zero-order valence-electron chi connectivity index (χ0n) is 12.7. The van der Waals surface area contributed by atoms with E-state index in [4.69, 9.17) is 0 Å². The molecule has 0 saturated carbocycles. The van der Waals surface area contributed by atoms with Crippen molar-refractivity contribution in [3.63, 3.8) is 0 Å². The summed E-state index contributed by atoms with van der Waals surface area (Å²) in [4.78, 5) is 0.128. The van der Waals surface area contributed by atoms with Crippen molar-refractivity contribution in [1.29, 1.82) is 0 Å². The van der Waals surface area contributed by atoms with Crippen LogP contribution in [0.1, 0.15) is 0 Å². The summed E-state index contributed by atoms with van der Waals surface area (Å²) in [6, 6.07) is 22.8. The molecule has 24 heavy (non-hydrogen) atoms. The molecule has 0 bridgehead atoms. The molecule has 0 fully saturated rings. The summed E-state index contributed by atoms with van der Waals surface area (Å²) in [6.45, 7) is 0. The minimum atomic E-state index is -3.84. The first-order valence-corrected chi connectivity index (χ1v) is 9.01. The predicted octanol–water partition coefficient (Wildman–Crippen LogP) is 4.53. The number of benzene rings is 4. The highest BCUT2D eigenvalue weighted by atomic mass is 32.2. The zero-order valence-corrected chi connectivity index (χ0v) is 13.5. The number of phenols is 1. The highest BCUT2D eigenvalue weighted by Gasteiger charge is 2.24. The average molecular weight is 334 g/mol. The predicted molar refractivity (Wildman–Crippen MR) is 95.0 cm³/mol. The van der Waals surface area contributed by atoms with Gasteiger partial charge in [-0.05, 0) is 22.9 Å². The van der Waals surface area contributed by atoms with Gasteiger partial charge in [0.15, 0.2) is 0 Å². The van der Waals surface area contributed by atoms with Gasteiger partial charge in [0.2, 0.25) is 9.84 Å². The molecule has 0 saturated heterocycles. The Hall–Kier alpha value is -2.85. The first-order valence-electron chi connectivity index (χ1n) is 7.52. The molecule has 0 heterocycles. The van der Waals surface area contributed by atoms with Gasteiger partial charge in [0, 0.05) is 10.8 Å². The lowest BCUT2D eigenvalue weighted by Gasteiger charge is -2.11. The summed E-state index contributed by atoms with van der Waals surface area (Å²) >= 11 is 0. The fraction of sp³-hybridized carbons (Fsp3) is 0. The molecule has 4 rings (SSSR count). The van der Waals surface area contributed by atoms with Gasteiger partial charge in [0.25, 0.3) is 0 Å². The van der Waals surface area contributed by atoms with Crippen LogP contribution in [0.4, 0.5) is 0 Å². The SMILES string of the molecule is O=S(=O)(c1ccc2ccccc2c1O)c1cccc2ccccc12. The molecule has 4 aromatic carbocycles. The summed E-state index contributed by atoms with van der Waals surface area (Å²) in [6.07, 6.45) is 0. The Morgan fingerprint density at radius 3 is 1.92 bits per heavy atom. The Morgan fingerprint density at radius 1 is 0.583 bits per heavy atom. The fourth-order valence-electron chi connectivity index (χ4n) is 3.00. The second-order valence-corrected chi connectivity index (χ2v) is 7.50. The Bertz CT molecular complexity index is 1170. The zero-order chi connectivity index (χ0) is 16.7. The molecular formula is C20H14O3S. The number of fused-ring (bicyclic) bond motifs is 2. The van der Waals surface area contributed by atoms with E-state index in [0.29, 0.717) is 10.8 Å². The molecule has 118 valence electrons. The molecule has 0 aliphatic heterocycles. The van der Waals surface area contributed by atoms with E-state index in [9.17, 15) is 13.5 Å². The summed E-state index contributed by atoms with van der Waals surface area (Å²) in [5.74, 6) is -0.207. The number of rotatable bonds is 2. The van der Waals surface area contributed by atoms with Gasteiger partial charge in [-0.3, -0.25) is 0 Å². The molecule has 1 N–H and O–H groups in total. The number of hydrogen-bond acceptors (Lipinski definition) is 3. The fourth-order valence-corrected chi connectivity index (χ4v) is 4.58. The number of phenolic OH excluding ortho intramolecular Hbond substituents is 1. The average Bonchev–Trinajstić information content (AvgIpc) is 2.61. The maximum absolute atomic E-state index is 13.2. The van der Waals surface area contributed by atoms with Gasteiger partial charge in [0.05, 0.1) is 4.90 Å². The van der Waals surface area contributed by atoms with Crippen molar-refractivity contribution >= 4 is 31.4 Å². The number of aromatic hydroxyl groups is 1. The van der Waals surface area contributed by atoms with Gasteiger partial charge in [0.1, 0.15) is 10.6 Å². The number of hydrogen-bond donors (Lipinski definition) is 1. The van der Waals surface area contributed by atoms with E-state index in [-0.39, 0.29) is 15.5 Å². The lowest BCUT2D eigenvalue weighted by Crippen LogP contribution is -2.03. The normalized spacial score (nSPS) is 11.8. The maximum Gasteiger partial charge on any atom is 0.210 e. The van der Waals surface area contributed by atoms with Gasteiger partial charge in [-0.25, -0.2) is 8.42 Å². The van der Waals surface area contributed by atoms with E-state index in [1.165, 1.54) is 6.07 Å². The molecule has 0 unspecified atom stereocenters. The van der Waals surface area contributed by atoms with Crippen LogP contribution in [0.2, 0.25) is 0 Å². The van der Waals surface area contributed by atoms with Crippen molar-refractivity contribution in [1.82, 2.24) is 0 Å². The van der Waals surface area contributed by atoms with Gasteiger partial charge >= 0.3 is 0 Å². The Labute approximate surface area is 139 Å². The van der Waals surface area contributed by atoms with Gasteiger partial charge in [-0.1, -0.05) is 66.7 Å². The van der Waals surface area contributed by atoms with Crippen LogP contribution < -0.4 is 0 Å². The quantitative estimate of drug-likeness (QED) is 0.586. The Morgan fingerprint density at radius 2 is 1.17 bits per heavy atom. The van der Waals surface area contributed by atoms with Crippen LogP contribution in [-0.4, -0.2) is 13.5 Å². The third kappa shape index (κ3) is 2.15. The van der Waals surface area contributed by atoms with Crippen LogP contribution in [0.5, 0.6) is 5.75 Å². The van der Waals surface area contributed by atoms with E-state index >= 15 is 0 Å². The standard InChI is InChI=1S/C20H14O3S/c21-20-17-10-4-2-7-15(17)12-13-19(20)24(22,23)18-11-5-8-14-6-1-3-9-16(14)18/h1-13,21H. The largest absolute Gasteiger partial charge is 0.506 e. The van der Waals surface area contributed by atoms with Crippen molar-refractivity contribution in [2.75, 3.05) is 0 Å². The van der Waals surface area contributed by atoms with E-state index in [0.717, 1.165) is 10.8 Å². The highest BCUT2D eigenvalue weighted by molar-refractivity contribution is 7.91. The summed E-state index contributed by atoms with van der Waals surface area (Å²) in [7, 11) is -3.84. The van der Waals surface area contributed by atoms with Crippen LogP contribution in [0, 0.1) is 0 Å². The van der Waals surface area contributed by atoms with E-state index in [1.54, 1.807) is 36.4 Å². The smallest absolute Gasteiger partial charge is 0.210 e. The topological polar surface area (TPSA) is 54.4 Å². The molecule has 4 heteroatoms. The first-order chi connectivity index (χ1) is 11.6. The molecule has 4 aromatic rings. The van der Waals surface area contributed by atoms with E-state index in [1.807, 2.05) is 36.4 Å². The van der Waals surface area contributed by atoms with Gasteiger partial charge < -0.3 is 5.11 Å². The summed E-state index contributed by atoms with van der Waals surface area (Å²) in [5.41, 5.74) is 0. The summed E-state index contributed by atoms with van der Waals surface area (Å²) < 4.78 is 26.3. The van der Waals surface area contributed by atoms with Crippen molar-refractivity contribution in [3.8, 4) is 5.75 Å². The van der Waals surface area contributed by atoms with Crippen molar-refractivity contribution < 1.29 is 13.5 Å². The second kappa shape index (κ2) is 5.35.